The summed E-state index contributed by atoms with van der Waals surface area (Å²) in [7, 11) is 0. The van der Waals surface area contributed by atoms with Crippen molar-refractivity contribution in [2.45, 2.75) is 13.8 Å². The van der Waals surface area contributed by atoms with Crippen LogP contribution in [0.25, 0.3) is 21.7 Å². The van der Waals surface area contributed by atoms with Gasteiger partial charge in [0, 0.05) is 21.2 Å². The summed E-state index contributed by atoms with van der Waals surface area (Å²) in [6, 6.07) is 15.5. The fourth-order valence-corrected chi connectivity index (χ4v) is 3.42. The van der Waals surface area contributed by atoms with Gasteiger partial charge in [0.1, 0.15) is 22.7 Å². The van der Waals surface area contributed by atoms with Gasteiger partial charge in [-0.3, -0.25) is 0 Å². The molecule has 0 aliphatic rings. The summed E-state index contributed by atoms with van der Waals surface area (Å²) in [5.74, 6) is -0.220. The first-order valence-corrected chi connectivity index (χ1v) is 9.47. The number of carbonyl (C=O) groups excluding carboxylic acids is 2. The molecule has 0 radical (unpaired) electrons. The molecule has 4 rings (SSSR count). The summed E-state index contributed by atoms with van der Waals surface area (Å²) >= 11 is 5.89. The second-order valence-electron chi connectivity index (χ2n) is 6.45. The maximum absolute atomic E-state index is 12.7. The van der Waals surface area contributed by atoms with E-state index in [1.807, 2.05) is 24.3 Å². The van der Waals surface area contributed by atoms with Crippen LogP contribution >= 0.6 is 11.6 Å². The van der Waals surface area contributed by atoms with Gasteiger partial charge >= 0.3 is 11.9 Å². The van der Waals surface area contributed by atoms with Gasteiger partial charge in [0.25, 0.3) is 0 Å². The highest BCUT2D eigenvalue weighted by Crippen LogP contribution is 2.38. The second kappa shape index (κ2) is 7.60. The fourth-order valence-electron chi connectivity index (χ4n) is 3.29. The molecule has 0 saturated carbocycles. The quantitative estimate of drug-likeness (QED) is 0.308. The van der Waals surface area contributed by atoms with Crippen LogP contribution in [0.2, 0.25) is 5.02 Å². The van der Waals surface area contributed by atoms with Crippen LogP contribution in [0.5, 0.6) is 5.75 Å². The van der Waals surface area contributed by atoms with Crippen LogP contribution in [0, 0.1) is 6.92 Å². The van der Waals surface area contributed by atoms with Crippen LogP contribution in [0.15, 0.2) is 59.0 Å². The molecule has 0 N–H and O–H groups in total. The van der Waals surface area contributed by atoms with E-state index in [1.54, 1.807) is 44.2 Å². The highest BCUT2D eigenvalue weighted by atomic mass is 35.5. The molecule has 0 unspecified atom stereocenters. The van der Waals surface area contributed by atoms with Gasteiger partial charge in [0.05, 0.1) is 12.2 Å². The lowest BCUT2D eigenvalue weighted by molar-refractivity contribution is 0.0526. The van der Waals surface area contributed by atoms with Gasteiger partial charge in [-0.05, 0) is 44.2 Å². The van der Waals surface area contributed by atoms with E-state index in [0.29, 0.717) is 44.0 Å². The van der Waals surface area contributed by atoms with Gasteiger partial charge < -0.3 is 13.9 Å². The molecule has 0 amide bonds. The molecule has 0 bridgehead atoms. The van der Waals surface area contributed by atoms with Gasteiger partial charge in [-0.15, -0.1) is 0 Å². The molecule has 4 aromatic rings. The third-order valence-corrected chi connectivity index (χ3v) is 4.85. The van der Waals surface area contributed by atoms with E-state index in [2.05, 4.69) is 0 Å². The number of carbonyl (C=O) groups is 2. The predicted molar refractivity (Wildman–Crippen MR) is 111 cm³/mol. The molecule has 29 heavy (non-hydrogen) atoms. The van der Waals surface area contributed by atoms with E-state index in [-0.39, 0.29) is 6.61 Å². The molecule has 5 nitrogen and oxygen atoms in total. The maximum Gasteiger partial charge on any atom is 0.343 e. The molecule has 0 spiro atoms. The van der Waals surface area contributed by atoms with Crippen LogP contribution < -0.4 is 4.74 Å². The fraction of sp³-hybridized carbons (Fsp3) is 0.130. The first kappa shape index (κ1) is 19.0. The predicted octanol–water partition coefficient (Wildman–Crippen LogP) is 5.94. The molecule has 0 saturated heterocycles. The number of rotatable bonds is 4. The van der Waals surface area contributed by atoms with Gasteiger partial charge in [-0.2, -0.15) is 0 Å². The number of fused-ring (bicyclic) bond motifs is 3. The van der Waals surface area contributed by atoms with Crippen molar-refractivity contribution < 1.29 is 23.5 Å². The molecule has 0 aliphatic heterocycles. The molecule has 0 atom stereocenters. The van der Waals surface area contributed by atoms with E-state index >= 15 is 0 Å². The van der Waals surface area contributed by atoms with E-state index in [1.165, 1.54) is 0 Å². The van der Waals surface area contributed by atoms with Crippen LogP contribution in [-0.4, -0.2) is 18.5 Å². The highest BCUT2D eigenvalue weighted by molar-refractivity contribution is 6.30. The number of aryl methyl sites for hydroxylation is 1. The minimum Gasteiger partial charge on any atom is -0.462 e. The van der Waals surface area contributed by atoms with Crippen LogP contribution in [0.3, 0.4) is 0 Å². The molecule has 6 heteroatoms. The zero-order valence-electron chi connectivity index (χ0n) is 15.8. The van der Waals surface area contributed by atoms with Crippen molar-refractivity contribution in [3.05, 3.63) is 76.5 Å². The minimum atomic E-state index is -0.524. The van der Waals surface area contributed by atoms with E-state index < -0.39 is 11.9 Å². The number of ether oxygens (including phenoxy) is 2. The van der Waals surface area contributed by atoms with E-state index in [9.17, 15) is 9.59 Å². The van der Waals surface area contributed by atoms with Gasteiger partial charge in [-0.1, -0.05) is 35.9 Å². The third kappa shape index (κ3) is 3.45. The van der Waals surface area contributed by atoms with E-state index in [4.69, 9.17) is 25.5 Å². The smallest absolute Gasteiger partial charge is 0.343 e. The molecular weight excluding hydrogens is 392 g/mol. The standard InChI is InChI=1S/C23H17ClO5/c1-3-27-23(26)20-13(2)28-21-17-7-5-4-6-16(17)19(12-18(20)21)29-22(25)14-8-10-15(24)11-9-14/h4-12H,3H2,1-2H3. The topological polar surface area (TPSA) is 65.7 Å². The number of furan rings is 1. The summed E-state index contributed by atoms with van der Waals surface area (Å²) in [5.41, 5.74) is 1.25. The summed E-state index contributed by atoms with van der Waals surface area (Å²) in [4.78, 5) is 25.1. The van der Waals surface area contributed by atoms with Crippen LogP contribution in [-0.2, 0) is 4.74 Å². The van der Waals surface area contributed by atoms with Crippen LogP contribution in [0.4, 0.5) is 0 Å². The lowest BCUT2D eigenvalue weighted by atomic mass is 10.0. The average Bonchev–Trinajstić information content (AvgIpc) is 3.05. The maximum atomic E-state index is 12.7. The lowest BCUT2D eigenvalue weighted by Crippen LogP contribution is -2.09. The number of hydrogen-bond acceptors (Lipinski definition) is 5. The molecule has 1 heterocycles. The Morgan fingerprint density at radius 1 is 0.966 bits per heavy atom. The van der Waals surface area contributed by atoms with Crippen molar-refractivity contribution in [2.24, 2.45) is 0 Å². The summed E-state index contributed by atoms with van der Waals surface area (Å²) in [6.07, 6.45) is 0. The molecule has 146 valence electrons. The molecule has 0 aliphatic carbocycles. The van der Waals surface area contributed by atoms with Crippen LogP contribution in [0.1, 0.15) is 33.4 Å². The summed E-state index contributed by atoms with van der Waals surface area (Å²) in [6.45, 7) is 3.70. The Bertz CT molecular complexity index is 1240. The van der Waals surface area contributed by atoms with E-state index in [0.717, 1.165) is 5.39 Å². The number of hydrogen-bond donors (Lipinski definition) is 0. The van der Waals surface area contributed by atoms with Crippen molar-refractivity contribution in [3.8, 4) is 5.75 Å². The minimum absolute atomic E-state index is 0.247. The molecule has 1 aromatic heterocycles. The lowest BCUT2D eigenvalue weighted by Gasteiger charge is -2.09. The zero-order chi connectivity index (χ0) is 20.5. The molecular formula is C23H17ClO5. The van der Waals surface area contributed by atoms with Gasteiger partial charge in [-0.25, -0.2) is 9.59 Å². The number of esters is 2. The first-order chi connectivity index (χ1) is 14.0. The molecule has 0 fully saturated rings. The Morgan fingerprint density at radius 2 is 1.66 bits per heavy atom. The van der Waals surface area contributed by atoms with Gasteiger partial charge in [0.2, 0.25) is 0 Å². The largest absolute Gasteiger partial charge is 0.462 e. The first-order valence-electron chi connectivity index (χ1n) is 9.09. The van der Waals surface area contributed by atoms with Crippen molar-refractivity contribution in [2.75, 3.05) is 6.61 Å². The van der Waals surface area contributed by atoms with Crippen molar-refractivity contribution in [1.29, 1.82) is 0 Å². The molecule has 3 aromatic carbocycles. The zero-order valence-corrected chi connectivity index (χ0v) is 16.6. The number of halogens is 1. The highest BCUT2D eigenvalue weighted by Gasteiger charge is 2.23. The summed E-state index contributed by atoms with van der Waals surface area (Å²) < 4.78 is 16.7. The Kier molecular flexibility index (Phi) is 4.99. The Balaban J connectivity index is 1.88. The Morgan fingerprint density at radius 3 is 2.34 bits per heavy atom. The van der Waals surface area contributed by atoms with Gasteiger partial charge in [0.15, 0.2) is 0 Å². The van der Waals surface area contributed by atoms with Crippen molar-refractivity contribution in [3.63, 3.8) is 0 Å². The SMILES string of the molecule is CCOC(=O)c1c(C)oc2c1cc(OC(=O)c1ccc(Cl)cc1)c1ccccc12. The van der Waals surface area contributed by atoms with Crippen molar-refractivity contribution >= 4 is 45.3 Å². The summed E-state index contributed by atoms with van der Waals surface area (Å²) in [5, 5.41) is 2.51. The Labute approximate surface area is 171 Å². The van der Waals surface area contributed by atoms with Crippen molar-refractivity contribution in [1.82, 2.24) is 0 Å². The number of benzene rings is 3. The average molecular weight is 409 g/mol. The Hall–Kier alpha value is -3.31. The third-order valence-electron chi connectivity index (χ3n) is 4.60. The monoisotopic (exact) mass is 408 g/mol. The normalized spacial score (nSPS) is 11.0. The second-order valence-corrected chi connectivity index (χ2v) is 6.88.